The summed E-state index contributed by atoms with van der Waals surface area (Å²) in [6.45, 7) is 6.80. The van der Waals surface area contributed by atoms with Crippen LogP contribution in [0.5, 0.6) is 0 Å². The molecule has 1 aliphatic rings. The second kappa shape index (κ2) is 10.2. The van der Waals surface area contributed by atoms with Gasteiger partial charge in [0.15, 0.2) is 0 Å². The average Bonchev–Trinajstić information content (AvgIpc) is 2.73. The molecular weight excluding hydrogens is 343 g/mol. The Bertz CT molecular complexity index is 722. The van der Waals surface area contributed by atoms with E-state index in [2.05, 4.69) is 39.0 Å². The minimum atomic E-state index is -0.0859. The van der Waals surface area contributed by atoms with E-state index in [1.807, 2.05) is 18.2 Å². The van der Waals surface area contributed by atoms with Gasteiger partial charge < -0.3 is 0 Å². The highest BCUT2D eigenvalue weighted by atomic mass is 19.1. The van der Waals surface area contributed by atoms with Crippen molar-refractivity contribution < 1.29 is 4.39 Å². The van der Waals surface area contributed by atoms with Gasteiger partial charge in [-0.25, -0.2) is 4.39 Å². The molecule has 0 bridgehead atoms. The molecule has 0 spiro atoms. The highest BCUT2D eigenvalue weighted by Crippen LogP contribution is 2.37. The van der Waals surface area contributed by atoms with Gasteiger partial charge in [0.25, 0.3) is 0 Å². The van der Waals surface area contributed by atoms with Crippen molar-refractivity contribution in [3.63, 3.8) is 0 Å². The Labute approximate surface area is 171 Å². The highest BCUT2D eigenvalue weighted by Gasteiger charge is 2.25. The van der Waals surface area contributed by atoms with E-state index < -0.39 is 0 Å². The molecule has 1 fully saturated rings. The minimum Gasteiger partial charge on any atom is -0.206 e. The van der Waals surface area contributed by atoms with Gasteiger partial charge in [-0.05, 0) is 66.2 Å². The molecule has 152 valence electrons. The van der Waals surface area contributed by atoms with Gasteiger partial charge in [0, 0.05) is 5.56 Å². The van der Waals surface area contributed by atoms with Crippen LogP contribution in [0.2, 0.25) is 0 Å². The molecule has 28 heavy (non-hydrogen) atoms. The molecule has 0 nitrogen and oxygen atoms in total. The molecule has 1 heteroatoms. The quantitative estimate of drug-likeness (QED) is 0.432. The predicted octanol–water partition coefficient (Wildman–Crippen LogP) is 8.23. The van der Waals surface area contributed by atoms with Crippen molar-refractivity contribution in [2.24, 2.45) is 17.8 Å². The Morgan fingerprint density at radius 3 is 2.21 bits per heavy atom. The second-order valence-electron chi connectivity index (χ2n) is 8.97. The van der Waals surface area contributed by atoms with Crippen molar-refractivity contribution in [1.29, 1.82) is 0 Å². The van der Waals surface area contributed by atoms with Crippen LogP contribution in [0.1, 0.15) is 76.8 Å². The summed E-state index contributed by atoms with van der Waals surface area (Å²) in [7, 11) is 0. The smallest absolute Gasteiger partial charge is 0.131 e. The van der Waals surface area contributed by atoms with Gasteiger partial charge in [0.1, 0.15) is 5.82 Å². The van der Waals surface area contributed by atoms with E-state index in [4.69, 9.17) is 0 Å². The van der Waals surface area contributed by atoms with Crippen LogP contribution in [-0.2, 0) is 12.8 Å². The normalized spacial score (nSPS) is 20.9. The molecule has 0 N–H and O–H groups in total. The average molecular weight is 381 g/mol. The molecule has 0 aromatic heterocycles. The fraction of sp³-hybridized carbons (Fsp3) is 0.556. The monoisotopic (exact) mass is 380 g/mol. The fourth-order valence-corrected chi connectivity index (χ4v) is 4.92. The number of unbranched alkanes of at least 4 members (excludes halogenated alkanes) is 1. The summed E-state index contributed by atoms with van der Waals surface area (Å²) in [4.78, 5) is 0. The molecule has 2 aromatic carbocycles. The van der Waals surface area contributed by atoms with Crippen molar-refractivity contribution >= 4 is 0 Å². The zero-order valence-electron chi connectivity index (χ0n) is 18.0. The van der Waals surface area contributed by atoms with Crippen LogP contribution in [0.15, 0.2) is 42.5 Å². The number of benzene rings is 2. The van der Waals surface area contributed by atoms with Crippen LogP contribution in [0.3, 0.4) is 0 Å². The molecule has 1 atom stereocenters. The van der Waals surface area contributed by atoms with Crippen LogP contribution in [0.4, 0.5) is 4.39 Å². The van der Waals surface area contributed by atoms with Gasteiger partial charge in [-0.2, -0.15) is 0 Å². The topological polar surface area (TPSA) is 0 Å². The number of hydrogen-bond donors (Lipinski definition) is 0. The Balaban J connectivity index is 1.58. The maximum atomic E-state index is 14.8. The van der Waals surface area contributed by atoms with Crippen molar-refractivity contribution in [3.05, 3.63) is 59.4 Å². The summed E-state index contributed by atoms with van der Waals surface area (Å²) < 4.78 is 14.8. The number of halogens is 1. The maximum Gasteiger partial charge on any atom is 0.131 e. The third-order valence-corrected chi connectivity index (χ3v) is 6.93. The SMILES string of the molecule is CCCCC1CCC(C(C)Cc2ccc(-c3ccc(CC)cc3)c(F)c2)CC1. The van der Waals surface area contributed by atoms with Gasteiger partial charge in [-0.1, -0.05) is 89.3 Å². The molecule has 1 unspecified atom stereocenters. The van der Waals surface area contributed by atoms with Crippen LogP contribution in [0, 0.1) is 23.6 Å². The lowest BCUT2D eigenvalue weighted by molar-refractivity contribution is 0.204. The lowest BCUT2D eigenvalue weighted by Gasteiger charge is -2.32. The molecular formula is C27H37F. The largest absolute Gasteiger partial charge is 0.206 e. The summed E-state index contributed by atoms with van der Waals surface area (Å²) >= 11 is 0. The van der Waals surface area contributed by atoms with Crippen LogP contribution < -0.4 is 0 Å². The minimum absolute atomic E-state index is 0.0859. The van der Waals surface area contributed by atoms with E-state index in [0.29, 0.717) is 5.92 Å². The summed E-state index contributed by atoms with van der Waals surface area (Å²) in [6.07, 6.45) is 11.7. The first-order valence-corrected chi connectivity index (χ1v) is 11.5. The van der Waals surface area contributed by atoms with E-state index in [1.54, 1.807) is 6.07 Å². The lowest BCUT2D eigenvalue weighted by Crippen LogP contribution is -2.21. The van der Waals surface area contributed by atoms with Gasteiger partial charge in [0.2, 0.25) is 0 Å². The molecule has 0 amide bonds. The molecule has 0 heterocycles. The van der Waals surface area contributed by atoms with E-state index >= 15 is 0 Å². The van der Waals surface area contributed by atoms with E-state index in [1.165, 1.54) is 50.5 Å². The number of hydrogen-bond acceptors (Lipinski definition) is 0. The second-order valence-corrected chi connectivity index (χ2v) is 8.97. The predicted molar refractivity (Wildman–Crippen MR) is 119 cm³/mol. The van der Waals surface area contributed by atoms with Crippen LogP contribution in [0.25, 0.3) is 11.1 Å². The first kappa shape index (κ1) is 21.1. The van der Waals surface area contributed by atoms with Gasteiger partial charge in [-0.3, -0.25) is 0 Å². The molecule has 2 aromatic rings. The van der Waals surface area contributed by atoms with E-state index in [0.717, 1.165) is 41.4 Å². The van der Waals surface area contributed by atoms with Crippen molar-refractivity contribution in [2.75, 3.05) is 0 Å². The fourth-order valence-electron chi connectivity index (χ4n) is 4.92. The van der Waals surface area contributed by atoms with Crippen molar-refractivity contribution in [3.8, 4) is 11.1 Å². The molecule has 1 saturated carbocycles. The van der Waals surface area contributed by atoms with E-state index in [-0.39, 0.29) is 5.82 Å². The standard InChI is InChI=1S/C27H37F/c1-4-6-7-22-10-13-24(14-11-22)20(3)18-23-12-17-26(27(28)19-23)25-15-8-21(5-2)9-16-25/h8-9,12,15-17,19-20,22,24H,4-7,10-11,13-14,18H2,1-3H3. The van der Waals surface area contributed by atoms with Crippen molar-refractivity contribution in [2.45, 2.75) is 78.6 Å². The molecule has 3 rings (SSSR count). The zero-order chi connectivity index (χ0) is 19.9. The molecule has 0 aliphatic heterocycles. The highest BCUT2D eigenvalue weighted by molar-refractivity contribution is 5.64. The molecule has 0 radical (unpaired) electrons. The van der Waals surface area contributed by atoms with Crippen molar-refractivity contribution in [1.82, 2.24) is 0 Å². The first-order chi connectivity index (χ1) is 13.6. The number of aryl methyl sites for hydroxylation is 1. The summed E-state index contributed by atoms with van der Waals surface area (Å²) in [5, 5.41) is 0. The first-order valence-electron chi connectivity index (χ1n) is 11.5. The summed E-state index contributed by atoms with van der Waals surface area (Å²) in [5.74, 6) is 2.32. The Morgan fingerprint density at radius 1 is 0.929 bits per heavy atom. The Kier molecular flexibility index (Phi) is 7.71. The summed E-state index contributed by atoms with van der Waals surface area (Å²) in [5.41, 5.74) is 4.13. The lowest BCUT2D eigenvalue weighted by atomic mass is 9.73. The summed E-state index contributed by atoms with van der Waals surface area (Å²) in [6, 6.07) is 14.2. The maximum absolute atomic E-state index is 14.8. The van der Waals surface area contributed by atoms with Gasteiger partial charge in [-0.15, -0.1) is 0 Å². The molecule has 0 saturated heterocycles. The van der Waals surface area contributed by atoms with Gasteiger partial charge in [0.05, 0.1) is 0 Å². The van der Waals surface area contributed by atoms with E-state index in [9.17, 15) is 4.39 Å². The van der Waals surface area contributed by atoms with Crippen LogP contribution >= 0.6 is 0 Å². The third-order valence-electron chi connectivity index (χ3n) is 6.93. The third kappa shape index (κ3) is 5.46. The zero-order valence-corrected chi connectivity index (χ0v) is 18.0. The Hall–Kier alpha value is -1.63. The Morgan fingerprint density at radius 2 is 1.61 bits per heavy atom. The van der Waals surface area contributed by atoms with Gasteiger partial charge >= 0.3 is 0 Å². The van der Waals surface area contributed by atoms with Crippen LogP contribution in [-0.4, -0.2) is 0 Å². The molecule has 1 aliphatic carbocycles. The number of rotatable bonds is 8.